The van der Waals surface area contributed by atoms with E-state index in [-0.39, 0.29) is 5.54 Å². The van der Waals surface area contributed by atoms with Crippen molar-refractivity contribution in [3.63, 3.8) is 0 Å². The van der Waals surface area contributed by atoms with Gasteiger partial charge in [0.15, 0.2) is 4.77 Å². The van der Waals surface area contributed by atoms with Crippen LogP contribution in [0.4, 0.5) is 0 Å². The van der Waals surface area contributed by atoms with Gasteiger partial charge in [-0.05, 0) is 50.5 Å². The Morgan fingerprint density at radius 3 is 2.76 bits per heavy atom. The molecule has 0 atom stereocenters. The van der Waals surface area contributed by atoms with Crippen molar-refractivity contribution < 1.29 is 4.74 Å². The van der Waals surface area contributed by atoms with Gasteiger partial charge < -0.3 is 14.3 Å². The predicted molar refractivity (Wildman–Crippen MR) is 71.2 cm³/mol. The first kappa shape index (κ1) is 10.8. The molecule has 4 heteroatoms. The van der Waals surface area contributed by atoms with E-state index in [2.05, 4.69) is 22.5 Å². The van der Waals surface area contributed by atoms with Crippen molar-refractivity contribution in [2.45, 2.75) is 31.7 Å². The summed E-state index contributed by atoms with van der Waals surface area (Å²) in [4.78, 5) is 3.27. The lowest BCUT2D eigenvalue weighted by atomic mass is 9.78. The number of imidazole rings is 1. The van der Waals surface area contributed by atoms with Gasteiger partial charge in [-0.3, -0.25) is 0 Å². The third-order valence-corrected chi connectivity index (χ3v) is 4.14. The van der Waals surface area contributed by atoms with Gasteiger partial charge in [-0.25, -0.2) is 0 Å². The van der Waals surface area contributed by atoms with Crippen LogP contribution in [0.2, 0.25) is 0 Å². The zero-order chi connectivity index (χ0) is 12.0. The summed E-state index contributed by atoms with van der Waals surface area (Å²) in [7, 11) is 1.68. The average Bonchev–Trinajstić information content (AvgIpc) is 2.61. The SMILES string of the molecule is COc1ccc2c(c1)[nH]c(=S)n2C1(C)CCC1. The van der Waals surface area contributed by atoms with Crippen LogP contribution in [0.5, 0.6) is 5.75 Å². The number of ether oxygens (including phenoxy) is 1. The largest absolute Gasteiger partial charge is 0.497 e. The minimum Gasteiger partial charge on any atom is -0.497 e. The highest BCUT2D eigenvalue weighted by Crippen LogP contribution is 2.41. The lowest BCUT2D eigenvalue weighted by Gasteiger charge is -2.40. The van der Waals surface area contributed by atoms with E-state index >= 15 is 0 Å². The average molecular weight is 248 g/mol. The number of aromatic amines is 1. The van der Waals surface area contributed by atoms with E-state index in [0.717, 1.165) is 16.0 Å². The molecule has 90 valence electrons. The molecular weight excluding hydrogens is 232 g/mol. The number of fused-ring (bicyclic) bond motifs is 1. The van der Waals surface area contributed by atoms with Crippen LogP contribution in [-0.2, 0) is 5.54 Å². The van der Waals surface area contributed by atoms with Crippen LogP contribution < -0.4 is 4.74 Å². The van der Waals surface area contributed by atoms with E-state index < -0.39 is 0 Å². The summed E-state index contributed by atoms with van der Waals surface area (Å²) in [5.41, 5.74) is 2.43. The van der Waals surface area contributed by atoms with Crippen molar-refractivity contribution in [2.24, 2.45) is 0 Å². The van der Waals surface area contributed by atoms with Crippen molar-refractivity contribution in [1.82, 2.24) is 9.55 Å². The van der Waals surface area contributed by atoms with Crippen LogP contribution in [0.15, 0.2) is 18.2 Å². The quantitative estimate of drug-likeness (QED) is 0.823. The second-order valence-corrected chi connectivity index (χ2v) is 5.39. The first-order valence-corrected chi connectivity index (χ1v) is 6.34. The highest BCUT2D eigenvalue weighted by atomic mass is 32.1. The standard InChI is InChI=1S/C13H16N2OS/c1-13(6-3-7-13)15-11-5-4-9(16-2)8-10(11)14-12(15)17/h4-5,8H,3,6-7H2,1-2H3,(H,14,17). The zero-order valence-corrected chi connectivity index (χ0v) is 10.9. The van der Waals surface area contributed by atoms with E-state index in [1.165, 1.54) is 24.8 Å². The lowest BCUT2D eigenvalue weighted by molar-refractivity contribution is 0.172. The normalized spacial score (nSPS) is 18.0. The summed E-state index contributed by atoms with van der Waals surface area (Å²) in [5, 5.41) is 0. The van der Waals surface area contributed by atoms with Gasteiger partial charge in [0.05, 0.1) is 18.1 Å². The van der Waals surface area contributed by atoms with E-state index in [9.17, 15) is 0 Å². The Morgan fingerprint density at radius 2 is 2.18 bits per heavy atom. The molecule has 1 saturated carbocycles. The van der Waals surface area contributed by atoms with Crippen molar-refractivity contribution >= 4 is 23.3 Å². The highest BCUT2D eigenvalue weighted by molar-refractivity contribution is 7.71. The fourth-order valence-corrected chi connectivity index (χ4v) is 3.09. The smallest absolute Gasteiger partial charge is 0.178 e. The zero-order valence-electron chi connectivity index (χ0n) is 10.1. The van der Waals surface area contributed by atoms with Gasteiger partial charge in [0.2, 0.25) is 0 Å². The molecule has 2 aromatic rings. The maximum atomic E-state index is 5.45. The summed E-state index contributed by atoms with van der Waals surface area (Å²) < 4.78 is 8.31. The molecule has 1 N–H and O–H groups in total. The first-order chi connectivity index (χ1) is 8.14. The minimum absolute atomic E-state index is 0.198. The second-order valence-electron chi connectivity index (χ2n) is 5.00. The maximum Gasteiger partial charge on any atom is 0.178 e. The van der Waals surface area contributed by atoms with Gasteiger partial charge in [0, 0.05) is 11.6 Å². The van der Waals surface area contributed by atoms with Crippen molar-refractivity contribution in [1.29, 1.82) is 0 Å². The Balaban J connectivity index is 2.25. The number of nitrogens with zero attached hydrogens (tertiary/aromatic N) is 1. The molecule has 1 aromatic heterocycles. The van der Waals surface area contributed by atoms with Crippen LogP contribution in [0.25, 0.3) is 11.0 Å². The van der Waals surface area contributed by atoms with Gasteiger partial charge in [-0.1, -0.05) is 0 Å². The van der Waals surface area contributed by atoms with Crippen LogP contribution in [0.1, 0.15) is 26.2 Å². The van der Waals surface area contributed by atoms with Gasteiger partial charge in [-0.15, -0.1) is 0 Å². The molecule has 17 heavy (non-hydrogen) atoms. The third kappa shape index (κ3) is 1.51. The summed E-state index contributed by atoms with van der Waals surface area (Å²) in [6.45, 7) is 2.28. The number of methoxy groups -OCH3 is 1. The highest BCUT2D eigenvalue weighted by Gasteiger charge is 2.35. The molecule has 1 aromatic carbocycles. The van der Waals surface area contributed by atoms with Crippen LogP contribution in [0, 0.1) is 4.77 Å². The molecule has 0 unspecified atom stereocenters. The Hall–Kier alpha value is -1.29. The molecule has 0 bridgehead atoms. The predicted octanol–water partition coefficient (Wildman–Crippen LogP) is 3.61. The second kappa shape index (κ2) is 3.60. The minimum atomic E-state index is 0.198. The van der Waals surface area contributed by atoms with Crippen LogP contribution in [0.3, 0.4) is 0 Å². The fraction of sp³-hybridized carbons (Fsp3) is 0.462. The van der Waals surface area contributed by atoms with Crippen molar-refractivity contribution in [3.05, 3.63) is 23.0 Å². The molecule has 0 radical (unpaired) electrons. The Kier molecular flexibility index (Phi) is 2.30. The fourth-order valence-electron chi connectivity index (χ4n) is 2.67. The molecule has 3 rings (SSSR count). The lowest BCUT2D eigenvalue weighted by Crippen LogP contribution is -2.37. The number of aromatic nitrogens is 2. The molecule has 1 aliphatic carbocycles. The third-order valence-electron chi connectivity index (χ3n) is 3.86. The molecule has 0 saturated heterocycles. The van der Waals surface area contributed by atoms with E-state index in [1.807, 2.05) is 12.1 Å². The van der Waals surface area contributed by atoms with Gasteiger partial charge in [-0.2, -0.15) is 0 Å². The topological polar surface area (TPSA) is 29.9 Å². The number of hydrogen-bond donors (Lipinski definition) is 1. The van der Waals surface area contributed by atoms with Crippen molar-refractivity contribution in [3.8, 4) is 5.75 Å². The van der Waals surface area contributed by atoms with Crippen LogP contribution in [-0.4, -0.2) is 16.7 Å². The number of H-pyrrole nitrogens is 1. The molecule has 0 aliphatic heterocycles. The number of rotatable bonds is 2. The Labute approximate surface area is 105 Å². The molecule has 1 aliphatic rings. The molecule has 1 fully saturated rings. The summed E-state index contributed by atoms with van der Waals surface area (Å²) >= 11 is 5.45. The number of benzene rings is 1. The molecule has 3 nitrogen and oxygen atoms in total. The summed E-state index contributed by atoms with van der Waals surface area (Å²) in [6, 6.07) is 6.08. The van der Waals surface area contributed by atoms with Gasteiger partial charge in [0.1, 0.15) is 5.75 Å². The maximum absolute atomic E-state index is 5.45. The monoisotopic (exact) mass is 248 g/mol. The molecule has 0 spiro atoms. The summed E-state index contributed by atoms with van der Waals surface area (Å²) in [5.74, 6) is 0.861. The van der Waals surface area contributed by atoms with Crippen LogP contribution >= 0.6 is 12.2 Å². The van der Waals surface area contributed by atoms with E-state index in [0.29, 0.717) is 0 Å². The first-order valence-electron chi connectivity index (χ1n) is 5.93. The number of hydrogen-bond acceptors (Lipinski definition) is 2. The van der Waals surface area contributed by atoms with Crippen molar-refractivity contribution in [2.75, 3.05) is 7.11 Å². The number of nitrogens with one attached hydrogen (secondary N) is 1. The Morgan fingerprint density at radius 1 is 1.41 bits per heavy atom. The Bertz CT molecular complexity index is 622. The van der Waals surface area contributed by atoms with Gasteiger partial charge in [0.25, 0.3) is 0 Å². The molecule has 1 heterocycles. The summed E-state index contributed by atoms with van der Waals surface area (Å²) in [6.07, 6.45) is 3.71. The molecule has 0 amide bonds. The molecular formula is C13H16N2OS. The van der Waals surface area contributed by atoms with E-state index in [4.69, 9.17) is 17.0 Å². The van der Waals surface area contributed by atoms with Gasteiger partial charge >= 0.3 is 0 Å². The van der Waals surface area contributed by atoms with E-state index in [1.54, 1.807) is 7.11 Å².